The van der Waals surface area contributed by atoms with Crippen LogP contribution in [0.4, 0.5) is 4.39 Å². The standard InChI is InChI=1S/C23H14Cl2FN/c24-19-11-18(12-20(25)23(19)26)22-14-17(15-7-3-1-4-8-15)13-21(27-22)16-9-5-2-6-10-16/h1-14H. The Labute approximate surface area is 167 Å². The molecule has 0 amide bonds. The fraction of sp³-hybridized carbons (Fsp3) is 0. The summed E-state index contributed by atoms with van der Waals surface area (Å²) in [6.07, 6.45) is 0. The van der Waals surface area contributed by atoms with Crippen LogP contribution in [-0.2, 0) is 0 Å². The van der Waals surface area contributed by atoms with Crippen molar-refractivity contribution in [1.29, 1.82) is 0 Å². The van der Waals surface area contributed by atoms with Gasteiger partial charge in [-0.2, -0.15) is 0 Å². The Balaban J connectivity index is 1.94. The first-order valence-electron chi connectivity index (χ1n) is 8.39. The van der Waals surface area contributed by atoms with E-state index in [-0.39, 0.29) is 10.0 Å². The average Bonchev–Trinajstić information content (AvgIpc) is 2.72. The Morgan fingerprint density at radius 3 is 1.59 bits per heavy atom. The Hall–Kier alpha value is -2.68. The van der Waals surface area contributed by atoms with E-state index in [1.165, 1.54) is 0 Å². The molecule has 0 saturated carbocycles. The van der Waals surface area contributed by atoms with Crippen molar-refractivity contribution in [2.75, 3.05) is 0 Å². The third-order valence-electron chi connectivity index (χ3n) is 4.28. The molecule has 4 rings (SSSR count). The minimum absolute atomic E-state index is 0.0225. The molecule has 0 radical (unpaired) electrons. The minimum Gasteiger partial charge on any atom is -0.248 e. The maximum absolute atomic E-state index is 13.8. The van der Waals surface area contributed by atoms with Crippen LogP contribution in [0.25, 0.3) is 33.6 Å². The summed E-state index contributed by atoms with van der Waals surface area (Å²) in [5, 5.41) is -0.0450. The molecular formula is C23H14Cl2FN. The summed E-state index contributed by atoms with van der Waals surface area (Å²) in [4.78, 5) is 4.77. The van der Waals surface area contributed by atoms with E-state index in [0.717, 1.165) is 22.4 Å². The predicted octanol–water partition coefficient (Wildman–Crippen LogP) is 7.53. The normalized spacial score (nSPS) is 10.8. The van der Waals surface area contributed by atoms with Crippen molar-refractivity contribution in [2.24, 2.45) is 0 Å². The second-order valence-electron chi connectivity index (χ2n) is 6.11. The van der Waals surface area contributed by atoms with Gasteiger partial charge in [0, 0.05) is 11.1 Å². The molecule has 132 valence electrons. The summed E-state index contributed by atoms with van der Waals surface area (Å²) < 4.78 is 13.8. The average molecular weight is 394 g/mol. The molecule has 4 heteroatoms. The van der Waals surface area contributed by atoms with Crippen molar-refractivity contribution >= 4 is 23.2 Å². The second-order valence-corrected chi connectivity index (χ2v) is 6.93. The van der Waals surface area contributed by atoms with Gasteiger partial charge in [0.1, 0.15) is 0 Å². The van der Waals surface area contributed by atoms with Gasteiger partial charge in [-0.25, -0.2) is 9.37 Å². The van der Waals surface area contributed by atoms with Crippen LogP contribution in [0, 0.1) is 5.82 Å². The molecule has 0 bridgehead atoms. The highest BCUT2D eigenvalue weighted by Gasteiger charge is 2.13. The number of aromatic nitrogens is 1. The molecule has 0 atom stereocenters. The lowest BCUT2D eigenvalue weighted by molar-refractivity contribution is 0.629. The van der Waals surface area contributed by atoms with Crippen molar-refractivity contribution < 1.29 is 4.39 Å². The predicted molar refractivity (Wildman–Crippen MR) is 111 cm³/mol. The number of pyridine rings is 1. The zero-order valence-electron chi connectivity index (χ0n) is 14.2. The second kappa shape index (κ2) is 7.51. The zero-order valence-corrected chi connectivity index (χ0v) is 15.7. The zero-order chi connectivity index (χ0) is 18.8. The summed E-state index contributed by atoms with van der Waals surface area (Å²) in [7, 11) is 0. The molecule has 0 N–H and O–H groups in total. The molecule has 0 aliphatic heterocycles. The van der Waals surface area contributed by atoms with Gasteiger partial charge in [-0.15, -0.1) is 0 Å². The highest BCUT2D eigenvalue weighted by molar-refractivity contribution is 6.35. The van der Waals surface area contributed by atoms with Crippen molar-refractivity contribution in [1.82, 2.24) is 4.98 Å². The fourth-order valence-electron chi connectivity index (χ4n) is 2.94. The molecule has 1 aromatic heterocycles. The lowest BCUT2D eigenvalue weighted by Gasteiger charge is -2.11. The van der Waals surface area contributed by atoms with Crippen LogP contribution in [0.5, 0.6) is 0 Å². The van der Waals surface area contributed by atoms with Crippen LogP contribution >= 0.6 is 23.2 Å². The largest absolute Gasteiger partial charge is 0.248 e. The Morgan fingerprint density at radius 1 is 0.556 bits per heavy atom. The van der Waals surface area contributed by atoms with Crippen LogP contribution < -0.4 is 0 Å². The van der Waals surface area contributed by atoms with Crippen LogP contribution in [0.1, 0.15) is 0 Å². The molecule has 0 aliphatic carbocycles. The van der Waals surface area contributed by atoms with Crippen LogP contribution in [0.2, 0.25) is 10.0 Å². The highest BCUT2D eigenvalue weighted by Crippen LogP contribution is 2.33. The molecule has 0 aliphatic rings. The van der Waals surface area contributed by atoms with Gasteiger partial charge in [0.2, 0.25) is 0 Å². The molecule has 27 heavy (non-hydrogen) atoms. The lowest BCUT2D eigenvalue weighted by atomic mass is 10.00. The SMILES string of the molecule is Fc1c(Cl)cc(-c2cc(-c3ccccc3)cc(-c3ccccc3)n2)cc1Cl. The first-order chi connectivity index (χ1) is 13.1. The number of halogens is 3. The van der Waals surface area contributed by atoms with Crippen molar-refractivity contribution in [3.8, 4) is 33.6 Å². The Kier molecular flexibility index (Phi) is 4.93. The van der Waals surface area contributed by atoms with Gasteiger partial charge in [0.25, 0.3) is 0 Å². The first-order valence-corrected chi connectivity index (χ1v) is 9.15. The van der Waals surface area contributed by atoms with E-state index in [4.69, 9.17) is 28.2 Å². The first kappa shape index (κ1) is 17.7. The molecule has 0 saturated heterocycles. The summed E-state index contributed by atoms with van der Waals surface area (Å²) >= 11 is 12.0. The van der Waals surface area contributed by atoms with E-state index < -0.39 is 5.82 Å². The number of nitrogens with zero attached hydrogens (tertiary/aromatic N) is 1. The number of hydrogen-bond donors (Lipinski definition) is 0. The van der Waals surface area contributed by atoms with Gasteiger partial charge in [-0.05, 0) is 35.4 Å². The number of benzene rings is 3. The summed E-state index contributed by atoms with van der Waals surface area (Å²) in [6.45, 7) is 0. The third kappa shape index (κ3) is 3.73. The van der Waals surface area contributed by atoms with E-state index >= 15 is 0 Å². The highest BCUT2D eigenvalue weighted by atomic mass is 35.5. The van der Waals surface area contributed by atoms with Gasteiger partial charge < -0.3 is 0 Å². The smallest absolute Gasteiger partial charge is 0.160 e. The van der Waals surface area contributed by atoms with E-state index in [9.17, 15) is 4.39 Å². The molecule has 0 spiro atoms. The van der Waals surface area contributed by atoms with E-state index in [1.54, 1.807) is 12.1 Å². The monoisotopic (exact) mass is 393 g/mol. The number of rotatable bonds is 3. The van der Waals surface area contributed by atoms with E-state index in [2.05, 4.69) is 0 Å². The lowest BCUT2D eigenvalue weighted by Crippen LogP contribution is -1.92. The van der Waals surface area contributed by atoms with Gasteiger partial charge in [0.05, 0.1) is 21.4 Å². The van der Waals surface area contributed by atoms with Crippen LogP contribution in [0.15, 0.2) is 84.9 Å². The number of hydrogen-bond acceptors (Lipinski definition) is 1. The van der Waals surface area contributed by atoms with E-state index in [1.807, 2.05) is 72.8 Å². The van der Waals surface area contributed by atoms with Gasteiger partial charge in [-0.3, -0.25) is 0 Å². The Morgan fingerprint density at radius 2 is 1.04 bits per heavy atom. The molecule has 1 nitrogen and oxygen atoms in total. The molecule has 1 heterocycles. The van der Waals surface area contributed by atoms with Crippen LogP contribution in [0.3, 0.4) is 0 Å². The maximum Gasteiger partial charge on any atom is 0.160 e. The van der Waals surface area contributed by atoms with Crippen LogP contribution in [-0.4, -0.2) is 4.98 Å². The molecule has 4 aromatic rings. The fourth-order valence-corrected chi connectivity index (χ4v) is 3.42. The molecule has 3 aromatic carbocycles. The molecule has 0 unspecified atom stereocenters. The quantitative estimate of drug-likeness (QED) is 0.327. The van der Waals surface area contributed by atoms with Gasteiger partial charge >= 0.3 is 0 Å². The molecule has 0 fully saturated rings. The van der Waals surface area contributed by atoms with E-state index in [0.29, 0.717) is 11.3 Å². The summed E-state index contributed by atoms with van der Waals surface area (Å²) in [5.41, 5.74) is 5.24. The van der Waals surface area contributed by atoms with Gasteiger partial charge in [-0.1, -0.05) is 83.9 Å². The summed E-state index contributed by atoms with van der Waals surface area (Å²) in [5.74, 6) is -0.621. The van der Waals surface area contributed by atoms with Crippen molar-refractivity contribution in [3.63, 3.8) is 0 Å². The van der Waals surface area contributed by atoms with Crippen molar-refractivity contribution in [3.05, 3.63) is 101 Å². The molecular weight excluding hydrogens is 380 g/mol. The Bertz CT molecular complexity index is 1020. The topological polar surface area (TPSA) is 12.9 Å². The van der Waals surface area contributed by atoms with Crippen molar-refractivity contribution in [2.45, 2.75) is 0 Å². The van der Waals surface area contributed by atoms with Gasteiger partial charge in [0.15, 0.2) is 5.82 Å². The summed E-state index contributed by atoms with van der Waals surface area (Å²) in [6, 6.07) is 27.1. The maximum atomic E-state index is 13.8. The minimum atomic E-state index is -0.621. The third-order valence-corrected chi connectivity index (χ3v) is 4.83.